The second kappa shape index (κ2) is 4.73. The van der Waals surface area contributed by atoms with Crippen LogP contribution in [0, 0.1) is 5.92 Å². The number of aromatic nitrogens is 2. The molecular formula is C15H21N3. The molecule has 1 atom stereocenters. The minimum absolute atomic E-state index is 0.610. The molecule has 3 heteroatoms. The maximum absolute atomic E-state index is 4.69. The minimum Gasteiger partial charge on any atom is -0.330 e. The van der Waals surface area contributed by atoms with Gasteiger partial charge in [0, 0.05) is 13.1 Å². The van der Waals surface area contributed by atoms with Crippen LogP contribution in [0.5, 0.6) is 0 Å². The summed E-state index contributed by atoms with van der Waals surface area (Å²) in [6, 6.07) is 8.93. The summed E-state index contributed by atoms with van der Waals surface area (Å²) in [5.74, 6) is 2.00. The normalized spacial score (nSPS) is 17.9. The van der Waals surface area contributed by atoms with E-state index in [9.17, 15) is 0 Å². The number of rotatable bonds is 4. The van der Waals surface area contributed by atoms with Crippen molar-refractivity contribution in [3.8, 4) is 0 Å². The molecule has 1 aromatic carbocycles. The molecule has 0 radical (unpaired) electrons. The fraction of sp³-hybridized carbons (Fsp3) is 0.533. The molecule has 3 rings (SSSR count). The predicted octanol–water partition coefficient (Wildman–Crippen LogP) is 2.85. The fourth-order valence-corrected chi connectivity index (χ4v) is 2.71. The third kappa shape index (κ3) is 2.03. The molecule has 1 unspecified atom stereocenters. The van der Waals surface area contributed by atoms with Crippen molar-refractivity contribution in [2.75, 3.05) is 0 Å². The first-order valence-electron chi connectivity index (χ1n) is 6.89. The van der Waals surface area contributed by atoms with E-state index in [1.54, 1.807) is 0 Å². The Morgan fingerprint density at radius 1 is 1.39 bits per heavy atom. The zero-order valence-electron chi connectivity index (χ0n) is 11.2. The first-order chi connectivity index (χ1) is 8.75. The fourth-order valence-electron chi connectivity index (χ4n) is 2.71. The van der Waals surface area contributed by atoms with Gasteiger partial charge < -0.3 is 9.88 Å². The van der Waals surface area contributed by atoms with E-state index in [0.29, 0.717) is 6.04 Å². The second-order valence-corrected chi connectivity index (χ2v) is 5.44. The third-order valence-corrected chi connectivity index (χ3v) is 4.32. The maximum Gasteiger partial charge on any atom is 0.123 e. The summed E-state index contributed by atoms with van der Waals surface area (Å²) < 4.78 is 2.19. The number of para-hydroxylation sites is 2. The summed E-state index contributed by atoms with van der Waals surface area (Å²) in [4.78, 5) is 4.69. The summed E-state index contributed by atoms with van der Waals surface area (Å²) in [6.07, 6.45) is 4.18. The topological polar surface area (TPSA) is 29.9 Å². The average Bonchev–Trinajstić information content (AvgIpc) is 2.62. The molecule has 1 saturated carbocycles. The summed E-state index contributed by atoms with van der Waals surface area (Å²) in [5.41, 5.74) is 2.30. The molecule has 1 aliphatic rings. The van der Waals surface area contributed by atoms with Crippen LogP contribution in [0.1, 0.15) is 32.0 Å². The van der Waals surface area contributed by atoms with Gasteiger partial charge in [0.25, 0.3) is 0 Å². The van der Waals surface area contributed by atoms with Crippen molar-refractivity contribution < 1.29 is 0 Å². The van der Waals surface area contributed by atoms with E-state index in [1.165, 1.54) is 24.8 Å². The lowest BCUT2D eigenvalue weighted by atomic mass is 9.80. The monoisotopic (exact) mass is 243 g/mol. The van der Waals surface area contributed by atoms with Crippen LogP contribution in [0.3, 0.4) is 0 Å². The van der Waals surface area contributed by atoms with Gasteiger partial charge in [-0.3, -0.25) is 0 Å². The van der Waals surface area contributed by atoms with Crippen LogP contribution in [0.4, 0.5) is 0 Å². The molecule has 18 heavy (non-hydrogen) atoms. The third-order valence-electron chi connectivity index (χ3n) is 4.32. The number of aryl methyl sites for hydroxylation is 1. The molecule has 2 aromatic rings. The number of fused-ring (bicyclic) bond motifs is 1. The summed E-state index contributed by atoms with van der Waals surface area (Å²) >= 11 is 0. The van der Waals surface area contributed by atoms with Crippen LogP contribution in [-0.2, 0) is 13.6 Å². The van der Waals surface area contributed by atoms with Crippen molar-refractivity contribution in [3.05, 3.63) is 30.1 Å². The lowest BCUT2D eigenvalue weighted by molar-refractivity contribution is 0.238. The van der Waals surface area contributed by atoms with E-state index in [1.807, 2.05) is 6.07 Å². The van der Waals surface area contributed by atoms with Crippen molar-refractivity contribution in [2.45, 2.75) is 38.8 Å². The molecule has 0 aliphatic heterocycles. The van der Waals surface area contributed by atoms with Crippen molar-refractivity contribution in [3.63, 3.8) is 0 Å². The number of hydrogen-bond donors (Lipinski definition) is 1. The van der Waals surface area contributed by atoms with Gasteiger partial charge in [0.1, 0.15) is 5.82 Å². The van der Waals surface area contributed by atoms with E-state index < -0.39 is 0 Å². The average molecular weight is 243 g/mol. The largest absolute Gasteiger partial charge is 0.330 e. The molecule has 96 valence electrons. The van der Waals surface area contributed by atoms with E-state index >= 15 is 0 Å². The van der Waals surface area contributed by atoms with Crippen LogP contribution in [0.2, 0.25) is 0 Å². The molecule has 3 nitrogen and oxygen atoms in total. The Morgan fingerprint density at radius 2 is 2.17 bits per heavy atom. The number of hydrogen-bond acceptors (Lipinski definition) is 2. The Kier molecular flexibility index (Phi) is 3.08. The highest BCUT2D eigenvalue weighted by atomic mass is 15.1. The van der Waals surface area contributed by atoms with Crippen LogP contribution in [0.25, 0.3) is 11.0 Å². The number of nitrogens with one attached hydrogen (secondary N) is 1. The van der Waals surface area contributed by atoms with Gasteiger partial charge in [-0.25, -0.2) is 4.98 Å². The zero-order chi connectivity index (χ0) is 12.5. The molecule has 1 fully saturated rings. The lowest BCUT2D eigenvalue weighted by Gasteiger charge is -2.31. The highest BCUT2D eigenvalue weighted by molar-refractivity contribution is 5.75. The SMILES string of the molecule is CC(NCc1nc2ccccc2n1C)C1CCC1. The first-order valence-corrected chi connectivity index (χ1v) is 6.89. The molecule has 1 aliphatic carbocycles. The van der Waals surface area contributed by atoms with Crippen molar-refractivity contribution in [1.29, 1.82) is 0 Å². The van der Waals surface area contributed by atoms with Crippen LogP contribution >= 0.6 is 0 Å². The van der Waals surface area contributed by atoms with Gasteiger partial charge in [-0.1, -0.05) is 18.6 Å². The van der Waals surface area contributed by atoms with Crippen LogP contribution < -0.4 is 5.32 Å². The zero-order valence-corrected chi connectivity index (χ0v) is 11.2. The van der Waals surface area contributed by atoms with Gasteiger partial charge in [0.2, 0.25) is 0 Å². The smallest absolute Gasteiger partial charge is 0.123 e. The summed E-state index contributed by atoms with van der Waals surface area (Å²) in [5, 5.41) is 3.62. The Bertz CT molecular complexity index is 540. The molecular weight excluding hydrogens is 222 g/mol. The predicted molar refractivity (Wildman–Crippen MR) is 74.4 cm³/mol. The summed E-state index contributed by atoms with van der Waals surface area (Å²) in [6.45, 7) is 3.16. The lowest BCUT2D eigenvalue weighted by Crippen LogP contribution is -2.37. The molecule has 1 N–H and O–H groups in total. The Morgan fingerprint density at radius 3 is 2.83 bits per heavy atom. The van der Waals surface area contributed by atoms with Gasteiger partial charge in [-0.15, -0.1) is 0 Å². The number of benzene rings is 1. The molecule has 0 spiro atoms. The quantitative estimate of drug-likeness (QED) is 0.895. The number of imidazole rings is 1. The number of nitrogens with zero attached hydrogens (tertiary/aromatic N) is 2. The Labute approximate surface area is 108 Å². The van der Waals surface area contributed by atoms with Crippen LogP contribution in [0.15, 0.2) is 24.3 Å². The molecule has 0 amide bonds. The Balaban J connectivity index is 1.72. The van der Waals surface area contributed by atoms with Crippen molar-refractivity contribution in [2.24, 2.45) is 13.0 Å². The van der Waals surface area contributed by atoms with Crippen molar-refractivity contribution >= 4 is 11.0 Å². The molecule has 0 saturated heterocycles. The van der Waals surface area contributed by atoms with Gasteiger partial charge in [-0.2, -0.15) is 0 Å². The Hall–Kier alpha value is -1.35. The van der Waals surface area contributed by atoms with E-state index in [2.05, 4.69) is 47.0 Å². The van der Waals surface area contributed by atoms with Gasteiger partial charge in [-0.05, 0) is 37.8 Å². The molecule has 1 aromatic heterocycles. The second-order valence-electron chi connectivity index (χ2n) is 5.44. The minimum atomic E-state index is 0.610. The van der Waals surface area contributed by atoms with Crippen molar-refractivity contribution in [1.82, 2.24) is 14.9 Å². The van der Waals surface area contributed by atoms with Gasteiger partial charge in [0.15, 0.2) is 0 Å². The molecule has 0 bridgehead atoms. The highest BCUT2D eigenvalue weighted by Crippen LogP contribution is 2.29. The highest BCUT2D eigenvalue weighted by Gasteiger charge is 2.23. The summed E-state index contributed by atoms with van der Waals surface area (Å²) in [7, 11) is 2.10. The van der Waals surface area contributed by atoms with E-state index in [-0.39, 0.29) is 0 Å². The van der Waals surface area contributed by atoms with Gasteiger partial charge in [0.05, 0.1) is 17.6 Å². The molecule has 1 heterocycles. The van der Waals surface area contributed by atoms with E-state index in [0.717, 1.165) is 23.8 Å². The first kappa shape index (κ1) is 11.7. The van der Waals surface area contributed by atoms with E-state index in [4.69, 9.17) is 0 Å². The standard InChI is InChI=1S/C15H21N3/c1-11(12-6-5-7-12)16-10-15-17-13-8-3-4-9-14(13)18(15)2/h3-4,8-9,11-12,16H,5-7,10H2,1-2H3. The van der Waals surface area contributed by atoms with Gasteiger partial charge >= 0.3 is 0 Å². The van der Waals surface area contributed by atoms with Crippen LogP contribution in [-0.4, -0.2) is 15.6 Å². The maximum atomic E-state index is 4.69.